The largest absolute Gasteiger partial charge is 0.435 e. The fraction of sp³-hybridized carbons (Fsp3) is 0.320. The van der Waals surface area contributed by atoms with Gasteiger partial charge in [-0.25, -0.2) is 15.0 Å². The molecule has 0 radical (unpaired) electrons. The number of rotatable bonds is 6. The molecule has 0 atom stereocenters. The van der Waals surface area contributed by atoms with E-state index in [1.807, 2.05) is 4.90 Å². The lowest BCUT2D eigenvalue weighted by molar-refractivity contribution is -0.137. The molecule has 5 rings (SSSR count). The molecule has 12 heteroatoms. The highest BCUT2D eigenvalue weighted by Gasteiger charge is 2.35. The van der Waals surface area contributed by atoms with Crippen LogP contribution >= 0.6 is 0 Å². The molecule has 4 aromatic rings. The zero-order chi connectivity index (χ0) is 26.2. The Morgan fingerprint density at radius 2 is 1.78 bits per heavy atom. The number of fused-ring (bicyclic) bond motifs is 1. The average Bonchev–Trinajstić information content (AvgIpc) is 3.18. The summed E-state index contributed by atoms with van der Waals surface area (Å²) in [6.07, 6.45) is -0.398. The number of ether oxygens (including phenoxy) is 1. The van der Waals surface area contributed by atoms with E-state index < -0.39 is 18.4 Å². The van der Waals surface area contributed by atoms with Crippen LogP contribution in [-0.4, -0.2) is 52.1 Å². The SMILES string of the molecule is Cc1nc2cc(C(F)(F)F)c(-c3cnc(N4CCNCC4)nc3)cn2c1Cc1ccccc1OC(F)F. The maximum Gasteiger partial charge on any atom is 0.417 e. The third-order valence-corrected chi connectivity index (χ3v) is 6.26. The van der Waals surface area contributed by atoms with Crippen LogP contribution in [0.25, 0.3) is 16.8 Å². The lowest BCUT2D eigenvalue weighted by Crippen LogP contribution is -2.44. The molecule has 7 nitrogen and oxygen atoms in total. The number of para-hydroxylation sites is 1. The first-order valence-corrected chi connectivity index (χ1v) is 11.6. The van der Waals surface area contributed by atoms with Gasteiger partial charge in [-0.15, -0.1) is 0 Å². The maximum absolute atomic E-state index is 14.1. The fourth-order valence-corrected chi connectivity index (χ4v) is 4.46. The van der Waals surface area contributed by atoms with E-state index in [-0.39, 0.29) is 28.9 Å². The second-order valence-corrected chi connectivity index (χ2v) is 8.64. The Kier molecular flexibility index (Phi) is 6.67. The molecule has 4 heterocycles. The van der Waals surface area contributed by atoms with Crippen LogP contribution in [-0.2, 0) is 12.6 Å². The lowest BCUT2D eigenvalue weighted by Gasteiger charge is -2.27. The van der Waals surface area contributed by atoms with Crippen LogP contribution < -0.4 is 15.0 Å². The maximum atomic E-state index is 14.1. The zero-order valence-electron chi connectivity index (χ0n) is 19.8. The van der Waals surface area contributed by atoms with Crippen LogP contribution in [0.3, 0.4) is 0 Å². The van der Waals surface area contributed by atoms with Crippen molar-refractivity contribution in [1.29, 1.82) is 0 Å². The van der Waals surface area contributed by atoms with Crippen molar-refractivity contribution in [2.24, 2.45) is 0 Å². The van der Waals surface area contributed by atoms with Crippen molar-refractivity contribution in [1.82, 2.24) is 24.7 Å². The smallest absolute Gasteiger partial charge is 0.417 e. The monoisotopic (exact) mass is 518 g/mol. The van der Waals surface area contributed by atoms with Crippen LogP contribution in [0.15, 0.2) is 48.9 Å². The Morgan fingerprint density at radius 1 is 1.08 bits per heavy atom. The minimum absolute atomic E-state index is 0.00381. The van der Waals surface area contributed by atoms with Crippen LogP contribution in [0.5, 0.6) is 5.75 Å². The number of aryl methyl sites for hydroxylation is 1. The molecule has 37 heavy (non-hydrogen) atoms. The second-order valence-electron chi connectivity index (χ2n) is 8.64. The average molecular weight is 518 g/mol. The van der Waals surface area contributed by atoms with Crippen molar-refractivity contribution in [2.45, 2.75) is 26.1 Å². The molecule has 1 aliphatic heterocycles. The van der Waals surface area contributed by atoms with Crippen molar-refractivity contribution < 1.29 is 26.7 Å². The van der Waals surface area contributed by atoms with E-state index in [0.717, 1.165) is 19.2 Å². The van der Waals surface area contributed by atoms with E-state index in [1.54, 1.807) is 29.5 Å². The third-order valence-electron chi connectivity index (χ3n) is 6.26. The number of alkyl halides is 5. The zero-order valence-corrected chi connectivity index (χ0v) is 19.8. The molecule has 1 N–H and O–H groups in total. The highest BCUT2D eigenvalue weighted by Crippen LogP contribution is 2.38. The van der Waals surface area contributed by atoms with Gasteiger partial charge in [-0.2, -0.15) is 22.0 Å². The number of anilines is 1. The summed E-state index contributed by atoms with van der Waals surface area (Å²) in [5.74, 6) is 0.450. The summed E-state index contributed by atoms with van der Waals surface area (Å²) in [5.41, 5.74) is 0.800. The van der Waals surface area contributed by atoms with E-state index in [9.17, 15) is 22.0 Å². The molecule has 0 amide bonds. The summed E-state index contributed by atoms with van der Waals surface area (Å²) in [6, 6.07) is 7.28. The molecule has 0 saturated carbocycles. The Morgan fingerprint density at radius 3 is 2.46 bits per heavy atom. The van der Waals surface area contributed by atoms with Gasteiger partial charge in [0, 0.05) is 73.6 Å². The van der Waals surface area contributed by atoms with Gasteiger partial charge in [0.25, 0.3) is 0 Å². The van der Waals surface area contributed by atoms with Gasteiger partial charge >= 0.3 is 12.8 Å². The normalized spacial score (nSPS) is 14.5. The number of hydrogen-bond donors (Lipinski definition) is 1. The van der Waals surface area contributed by atoms with E-state index in [0.29, 0.717) is 36.0 Å². The molecule has 1 aliphatic rings. The van der Waals surface area contributed by atoms with Crippen molar-refractivity contribution in [3.63, 3.8) is 0 Å². The number of nitrogens with zero attached hydrogens (tertiary/aromatic N) is 5. The van der Waals surface area contributed by atoms with Gasteiger partial charge < -0.3 is 19.4 Å². The predicted molar refractivity (Wildman–Crippen MR) is 127 cm³/mol. The first-order valence-electron chi connectivity index (χ1n) is 11.6. The molecular weight excluding hydrogens is 495 g/mol. The summed E-state index contributed by atoms with van der Waals surface area (Å²) < 4.78 is 74.2. The summed E-state index contributed by atoms with van der Waals surface area (Å²) in [5, 5.41) is 3.22. The Labute approximate surface area is 208 Å². The Balaban J connectivity index is 1.58. The summed E-state index contributed by atoms with van der Waals surface area (Å²) in [7, 11) is 0. The van der Waals surface area contributed by atoms with Crippen LogP contribution in [0.2, 0.25) is 0 Å². The molecule has 0 aliphatic carbocycles. The summed E-state index contributed by atoms with van der Waals surface area (Å²) >= 11 is 0. The quantitative estimate of drug-likeness (QED) is 0.373. The highest BCUT2D eigenvalue weighted by molar-refractivity contribution is 5.69. The lowest BCUT2D eigenvalue weighted by atomic mass is 10.0. The number of piperazine rings is 1. The Bertz CT molecular complexity index is 1400. The molecule has 1 saturated heterocycles. The van der Waals surface area contributed by atoms with Gasteiger partial charge in [-0.3, -0.25) is 0 Å². The first kappa shape index (κ1) is 24.9. The summed E-state index contributed by atoms with van der Waals surface area (Å²) in [4.78, 5) is 14.9. The van der Waals surface area contributed by atoms with Gasteiger partial charge in [-0.05, 0) is 19.1 Å². The van der Waals surface area contributed by atoms with Crippen molar-refractivity contribution in [2.75, 3.05) is 31.1 Å². The molecule has 0 spiro atoms. The first-order chi connectivity index (χ1) is 17.7. The topological polar surface area (TPSA) is 67.6 Å². The molecule has 0 bridgehead atoms. The molecule has 3 aromatic heterocycles. The number of benzene rings is 1. The number of pyridine rings is 1. The molecular formula is C25H23F5N6O. The van der Waals surface area contributed by atoms with Crippen LogP contribution in [0.4, 0.5) is 27.9 Å². The standard InChI is InChI=1S/C25H23F5N6O/c1-15-20(10-16-4-2-3-5-21(16)37-23(26)27)36-14-18(19(25(28,29)30)11-22(36)34-15)17-12-32-24(33-13-17)35-8-6-31-7-9-35/h2-5,11-14,23,31H,6-10H2,1H3. The van der Waals surface area contributed by atoms with Crippen LogP contribution in [0.1, 0.15) is 22.5 Å². The number of nitrogens with one attached hydrogen (secondary N) is 1. The van der Waals surface area contributed by atoms with Gasteiger partial charge in [0.15, 0.2) is 0 Å². The van der Waals surface area contributed by atoms with E-state index in [4.69, 9.17) is 0 Å². The van der Waals surface area contributed by atoms with Gasteiger partial charge in [-0.1, -0.05) is 18.2 Å². The third kappa shape index (κ3) is 5.19. The molecule has 1 fully saturated rings. The van der Waals surface area contributed by atoms with E-state index in [1.165, 1.54) is 24.7 Å². The minimum atomic E-state index is -4.65. The Hall–Kier alpha value is -3.80. The van der Waals surface area contributed by atoms with E-state index >= 15 is 0 Å². The molecule has 1 aromatic carbocycles. The van der Waals surface area contributed by atoms with Gasteiger partial charge in [0.2, 0.25) is 5.95 Å². The number of aromatic nitrogens is 4. The second kappa shape index (κ2) is 9.92. The van der Waals surface area contributed by atoms with Crippen molar-refractivity contribution >= 4 is 11.6 Å². The van der Waals surface area contributed by atoms with Crippen molar-refractivity contribution in [3.8, 4) is 16.9 Å². The number of imidazole rings is 1. The molecule has 0 unspecified atom stereocenters. The predicted octanol–water partition coefficient (Wildman–Crippen LogP) is 4.72. The van der Waals surface area contributed by atoms with E-state index in [2.05, 4.69) is 25.0 Å². The number of hydrogen-bond acceptors (Lipinski definition) is 6. The highest BCUT2D eigenvalue weighted by atomic mass is 19.4. The van der Waals surface area contributed by atoms with Gasteiger partial charge in [0.1, 0.15) is 11.4 Å². The van der Waals surface area contributed by atoms with Crippen molar-refractivity contribution in [3.05, 3.63) is 71.4 Å². The summed E-state index contributed by atoms with van der Waals surface area (Å²) in [6.45, 7) is 1.61. The molecule has 194 valence electrons. The fourth-order valence-electron chi connectivity index (χ4n) is 4.46. The number of halogens is 5. The van der Waals surface area contributed by atoms with Gasteiger partial charge in [0.05, 0.1) is 11.3 Å². The minimum Gasteiger partial charge on any atom is -0.435 e. The van der Waals surface area contributed by atoms with Crippen LogP contribution in [0, 0.1) is 6.92 Å².